The molecule has 2 fully saturated rings. The summed E-state index contributed by atoms with van der Waals surface area (Å²) in [5.41, 5.74) is 0.0790. The summed E-state index contributed by atoms with van der Waals surface area (Å²) in [5.74, 6) is -3.09. The number of esters is 1. The largest absolute Gasteiger partial charge is 0.465 e. The first kappa shape index (κ1) is 21.5. The van der Waals surface area contributed by atoms with E-state index in [4.69, 9.17) is 9.47 Å². The van der Waals surface area contributed by atoms with E-state index < -0.39 is 29.0 Å². The lowest BCUT2D eigenvalue weighted by molar-refractivity contribution is -0.0305. The Kier molecular flexibility index (Phi) is 5.62. The topological polar surface area (TPSA) is 55.8 Å². The molecular weight excluding hydrogens is 380 g/mol. The van der Waals surface area contributed by atoms with Gasteiger partial charge in [0.05, 0.1) is 18.7 Å². The number of methoxy groups -OCH3 is 1. The maximum absolute atomic E-state index is 14.0. The number of rotatable bonds is 2. The van der Waals surface area contributed by atoms with Crippen molar-refractivity contribution in [2.24, 2.45) is 5.41 Å². The predicted molar refractivity (Wildman–Crippen MR) is 104 cm³/mol. The molecule has 2 atom stereocenters. The Morgan fingerprint density at radius 1 is 1.10 bits per heavy atom. The Balaban J connectivity index is 1.89. The fourth-order valence-electron chi connectivity index (χ4n) is 4.49. The third-order valence-corrected chi connectivity index (χ3v) is 5.88. The third kappa shape index (κ3) is 4.87. The van der Waals surface area contributed by atoms with Crippen LogP contribution < -0.4 is 0 Å². The molecule has 1 saturated carbocycles. The van der Waals surface area contributed by atoms with Crippen molar-refractivity contribution in [3.8, 4) is 0 Å². The Labute approximate surface area is 170 Å². The number of hydrogen-bond donors (Lipinski definition) is 0. The van der Waals surface area contributed by atoms with Crippen molar-refractivity contribution in [1.29, 1.82) is 0 Å². The molecular formula is C22H29F2NO4. The molecule has 0 unspecified atom stereocenters. The lowest BCUT2D eigenvalue weighted by atomic mass is 9.72. The first-order valence-corrected chi connectivity index (χ1v) is 9.99. The molecule has 1 aliphatic carbocycles. The highest BCUT2D eigenvalue weighted by molar-refractivity contribution is 5.89. The summed E-state index contributed by atoms with van der Waals surface area (Å²) < 4.78 is 38.3. The summed E-state index contributed by atoms with van der Waals surface area (Å²) in [6.45, 7) is 5.77. The van der Waals surface area contributed by atoms with Gasteiger partial charge in [-0.3, -0.25) is 0 Å². The van der Waals surface area contributed by atoms with Crippen molar-refractivity contribution in [3.05, 3.63) is 35.4 Å². The molecule has 29 heavy (non-hydrogen) atoms. The number of carbonyl (C=O) groups excluding carboxylic acids is 2. The average Bonchev–Trinajstić information content (AvgIpc) is 2.93. The van der Waals surface area contributed by atoms with Crippen LogP contribution in [0.3, 0.4) is 0 Å². The fraction of sp³-hybridized carbons (Fsp3) is 0.636. The summed E-state index contributed by atoms with van der Waals surface area (Å²) in [6.07, 6.45) is 0.766. The van der Waals surface area contributed by atoms with Crippen LogP contribution in [0.25, 0.3) is 0 Å². The van der Waals surface area contributed by atoms with Gasteiger partial charge in [0, 0.05) is 19.4 Å². The molecule has 0 aromatic heterocycles. The number of alkyl halides is 2. The molecule has 160 valence electrons. The maximum atomic E-state index is 14.0. The van der Waals surface area contributed by atoms with E-state index in [0.717, 1.165) is 5.56 Å². The highest BCUT2D eigenvalue weighted by Gasteiger charge is 2.53. The van der Waals surface area contributed by atoms with Crippen LogP contribution in [0, 0.1) is 5.41 Å². The number of nitrogens with zero attached hydrogens (tertiary/aromatic N) is 1. The van der Waals surface area contributed by atoms with Crippen LogP contribution in [0.15, 0.2) is 24.3 Å². The summed E-state index contributed by atoms with van der Waals surface area (Å²) >= 11 is 0. The molecule has 0 radical (unpaired) electrons. The quantitative estimate of drug-likeness (QED) is 0.618. The fourth-order valence-corrected chi connectivity index (χ4v) is 4.49. The van der Waals surface area contributed by atoms with Gasteiger partial charge in [-0.1, -0.05) is 12.1 Å². The number of amides is 1. The van der Waals surface area contributed by atoms with Crippen molar-refractivity contribution in [2.75, 3.05) is 13.7 Å². The number of hydrogen-bond acceptors (Lipinski definition) is 4. The van der Waals surface area contributed by atoms with E-state index in [0.29, 0.717) is 31.4 Å². The Morgan fingerprint density at radius 3 is 2.28 bits per heavy atom. The zero-order chi connectivity index (χ0) is 21.4. The lowest BCUT2D eigenvalue weighted by Crippen LogP contribution is -2.46. The number of piperidine rings is 1. The molecule has 1 saturated heterocycles. The van der Waals surface area contributed by atoms with Gasteiger partial charge < -0.3 is 14.4 Å². The number of carbonyl (C=O) groups is 2. The molecule has 1 amide bonds. The second-order valence-electron chi connectivity index (χ2n) is 9.29. The number of ether oxygens (including phenoxy) is 2. The zero-order valence-corrected chi connectivity index (χ0v) is 17.5. The molecule has 1 heterocycles. The normalized spacial score (nSPS) is 26.4. The van der Waals surface area contributed by atoms with Gasteiger partial charge in [0.15, 0.2) is 0 Å². The van der Waals surface area contributed by atoms with Gasteiger partial charge in [0.1, 0.15) is 5.60 Å². The first-order valence-electron chi connectivity index (χ1n) is 9.99. The molecule has 2 aliphatic rings. The van der Waals surface area contributed by atoms with Crippen LogP contribution in [0.2, 0.25) is 0 Å². The molecule has 1 aromatic carbocycles. The Hall–Kier alpha value is -2.18. The van der Waals surface area contributed by atoms with Gasteiger partial charge in [-0.15, -0.1) is 0 Å². The minimum atomic E-state index is -2.65. The summed E-state index contributed by atoms with van der Waals surface area (Å²) in [4.78, 5) is 26.2. The van der Waals surface area contributed by atoms with E-state index in [1.165, 1.54) is 7.11 Å². The van der Waals surface area contributed by atoms with Gasteiger partial charge in [-0.25, -0.2) is 18.4 Å². The molecule has 1 aliphatic heterocycles. The Morgan fingerprint density at radius 2 is 1.76 bits per heavy atom. The van der Waals surface area contributed by atoms with Crippen LogP contribution in [-0.2, 0) is 9.47 Å². The van der Waals surface area contributed by atoms with Crippen molar-refractivity contribution in [3.63, 3.8) is 0 Å². The highest BCUT2D eigenvalue weighted by atomic mass is 19.3. The van der Waals surface area contributed by atoms with E-state index in [2.05, 4.69) is 0 Å². The van der Waals surface area contributed by atoms with Gasteiger partial charge in [0.25, 0.3) is 0 Å². The van der Waals surface area contributed by atoms with Crippen LogP contribution in [0.5, 0.6) is 0 Å². The molecule has 3 rings (SSSR count). The van der Waals surface area contributed by atoms with Crippen molar-refractivity contribution < 1.29 is 27.8 Å². The first-order chi connectivity index (χ1) is 13.4. The van der Waals surface area contributed by atoms with Crippen LogP contribution in [0.4, 0.5) is 13.6 Å². The van der Waals surface area contributed by atoms with E-state index >= 15 is 0 Å². The highest BCUT2D eigenvalue weighted by Crippen LogP contribution is 2.56. The Bertz CT molecular complexity index is 772. The summed E-state index contributed by atoms with van der Waals surface area (Å²) in [7, 11) is 1.31. The second kappa shape index (κ2) is 7.58. The molecule has 1 spiro atoms. The van der Waals surface area contributed by atoms with Crippen LogP contribution in [0.1, 0.15) is 74.8 Å². The standard InChI is InChI=1S/C22H29F2NO4/c1-20(2,3)29-19(27)25-12-11-21(9-10-22(23,24)14-21)13-17(25)15-5-7-16(8-6-15)18(26)28-4/h5-8,17H,9-14H2,1-4H3/t17-,21+/m1/s1. The SMILES string of the molecule is COC(=O)c1ccc([C@H]2C[C@@]3(CCN2C(=O)OC(C)(C)C)CCC(F)(F)C3)cc1. The van der Waals surface area contributed by atoms with Gasteiger partial charge in [-0.2, -0.15) is 0 Å². The second-order valence-corrected chi connectivity index (χ2v) is 9.29. The smallest absolute Gasteiger partial charge is 0.410 e. The number of likely N-dealkylation sites (tertiary alicyclic amines) is 1. The van der Waals surface area contributed by atoms with E-state index in [-0.39, 0.29) is 18.9 Å². The van der Waals surface area contributed by atoms with Crippen molar-refractivity contribution in [1.82, 2.24) is 4.90 Å². The third-order valence-electron chi connectivity index (χ3n) is 5.88. The molecule has 5 nitrogen and oxygen atoms in total. The van der Waals surface area contributed by atoms with E-state index in [1.807, 2.05) is 0 Å². The average molecular weight is 409 g/mol. The summed E-state index contributed by atoms with van der Waals surface area (Å²) in [6, 6.07) is 6.43. The minimum absolute atomic E-state index is 0.104. The number of benzene rings is 1. The van der Waals surface area contributed by atoms with Crippen LogP contribution in [-0.4, -0.2) is 42.1 Å². The zero-order valence-electron chi connectivity index (χ0n) is 17.5. The molecule has 7 heteroatoms. The molecule has 1 aromatic rings. The van der Waals surface area contributed by atoms with Crippen molar-refractivity contribution in [2.45, 2.75) is 70.4 Å². The predicted octanol–water partition coefficient (Wildman–Crippen LogP) is 5.35. The lowest BCUT2D eigenvalue weighted by Gasteiger charge is -2.45. The minimum Gasteiger partial charge on any atom is -0.465 e. The maximum Gasteiger partial charge on any atom is 0.410 e. The summed E-state index contributed by atoms with van der Waals surface area (Å²) in [5, 5.41) is 0. The monoisotopic (exact) mass is 409 g/mol. The molecule has 0 bridgehead atoms. The van der Waals surface area contributed by atoms with Crippen molar-refractivity contribution >= 4 is 12.1 Å². The van der Waals surface area contributed by atoms with Gasteiger partial charge in [-0.05, 0) is 63.1 Å². The van der Waals surface area contributed by atoms with Gasteiger partial charge >= 0.3 is 12.1 Å². The number of halogens is 2. The van der Waals surface area contributed by atoms with Gasteiger partial charge in [0.2, 0.25) is 5.92 Å². The van der Waals surface area contributed by atoms with E-state index in [1.54, 1.807) is 49.9 Å². The van der Waals surface area contributed by atoms with E-state index in [9.17, 15) is 18.4 Å². The van der Waals surface area contributed by atoms with Crippen LogP contribution >= 0.6 is 0 Å². The molecule has 0 N–H and O–H groups in total.